The number of hydrogen-bond donors (Lipinski definition) is 3. The molecule has 1 aliphatic carbocycles. The molecule has 1 aromatic rings. The van der Waals surface area contributed by atoms with Gasteiger partial charge in [0.25, 0.3) is 0 Å². The Morgan fingerprint density at radius 3 is 2.58 bits per heavy atom. The summed E-state index contributed by atoms with van der Waals surface area (Å²) in [5, 5.41) is 32.6. The molecule has 0 spiro atoms. The van der Waals surface area contributed by atoms with Gasteiger partial charge in [-0.3, -0.25) is 4.79 Å². The molecule has 0 amide bonds. The highest BCUT2D eigenvalue weighted by Gasteiger charge is 2.55. The zero-order chi connectivity index (χ0) is 35.0. The summed E-state index contributed by atoms with van der Waals surface area (Å²) in [7, 11) is 3.32. The lowest BCUT2D eigenvalue weighted by molar-refractivity contribution is -0.277. The quantitative estimate of drug-likeness (QED) is 0.199. The molecule has 0 unspecified atom stereocenters. The predicted octanol–water partition coefficient (Wildman–Crippen LogP) is 2.21. The van der Waals surface area contributed by atoms with Gasteiger partial charge in [0.2, 0.25) is 5.79 Å². The number of esters is 2. The van der Waals surface area contributed by atoms with Crippen LogP contribution in [0.4, 0.5) is 0 Å². The molecule has 0 aromatic carbocycles. The number of hydrogen-bond acceptors (Lipinski definition) is 12. The molecule has 264 valence electrons. The number of aromatic nitrogens is 2. The number of carbonyl (C=O) groups excluding carboxylic acids is 2. The van der Waals surface area contributed by atoms with Crippen molar-refractivity contribution >= 4 is 18.0 Å². The number of rotatable bonds is 9. The van der Waals surface area contributed by atoms with Crippen molar-refractivity contribution in [1.82, 2.24) is 9.55 Å². The van der Waals surface area contributed by atoms with Crippen molar-refractivity contribution in [3.63, 3.8) is 0 Å². The van der Waals surface area contributed by atoms with Crippen LogP contribution in [0.2, 0.25) is 0 Å². The van der Waals surface area contributed by atoms with Gasteiger partial charge in [-0.2, -0.15) is 0 Å². The number of ether oxygens (including phenoxy) is 6. The van der Waals surface area contributed by atoms with Crippen molar-refractivity contribution in [3.8, 4) is 0 Å². The number of carbonyl (C=O) groups is 2. The van der Waals surface area contributed by atoms with Gasteiger partial charge in [0, 0.05) is 44.8 Å². The molecule has 13 nitrogen and oxygen atoms in total. The standard InChI is InChI=1S/C35H48N2O11/c1-20(2)24-10-11-33(4,42)26-15-28(47-29(40)9-8-23-16-37(6)19-36-23)34(5)12-13-35(43-7,48-34)22(14-25(24)26)17-44-32-31(46-21(3)38)30(41)27(39)18-45-32/h8-14,16,19-20,24-28,30-32,39,41-42H,15,17-18H2,1-7H3/b9-8+,22-14?/t24-,25-,26-,27-,28+,30-,31+,32-,33-,34+,35-/m1/s1. The fraction of sp³-hybridized carbons (Fsp3) is 0.629. The Morgan fingerprint density at radius 1 is 1.19 bits per heavy atom. The minimum Gasteiger partial charge on any atom is -0.456 e. The average Bonchev–Trinajstić information content (AvgIpc) is 3.61. The summed E-state index contributed by atoms with van der Waals surface area (Å²) in [5.74, 6) is -3.32. The fourth-order valence-corrected chi connectivity index (χ4v) is 7.14. The highest BCUT2D eigenvalue weighted by Crippen LogP contribution is 2.50. The van der Waals surface area contributed by atoms with Crippen LogP contribution in [0.15, 0.2) is 54.6 Å². The van der Waals surface area contributed by atoms with Crippen molar-refractivity contribution in [2.24, 2.45) is 30.7 Å². The molecular weight excluding hydrogens is 624 g/mol. The highest BCUT2D eigenvalue weighted by atomic mass is 16.7. The summed E-state index contributed by atoms with van der Waals surface area (Å²) in [6.07, 6.45) is 9.87. The molecular formula is C35H48N2O11. The molecule has 1 saturated heterocycles. The Balaban J connectivity index is 1.52. The van der Waals surface area contributed by atoms with Gasteiger partial charge in [-0.15, -0.1) is 0 Å². The van der Waals surface area contributed by atoms with E-state index in [2.05, 4.69) is 18.8 Å². The van der Waals surface area contributed by atoms with Crippen molar-refractivity contribution in [2.75, 3.05) is 20.3 Å². The van der Waals surface area contributed by atoms with Gasteiger partial charge < -0.3 is 48.3 Å². The van der Waals surface area contributed by atoms with Crippen LogP contribution in [0.25, 0.3) is 6.08 Å². The largest absolute Gasteiger partial charge is 0.456 e. The van der Waals surface area contributed by atoms with Crippen LogP contribution in [-0.2, 0) is 45.1 Å². The number of aliphatic hydroxyl groups is 3. The number of methoxy groups -OCH3 is 1. The Kier molecular flexibility index (Phi) is 10.5. The third kappa shape index (κ3) is 7.37. The summed E-state index contributed by atoms with van der Waals surface area (Å²) in [4.78, 5) is 29.4. The lowest BCUT2D eigenvalue weighted by atomic mass is 9.63. The summed E-state index contributed by atoms with van der Waals surface area (Å²) in [6.45, 7) is 8.55. The first-order valence-electron chi connectivity index (χ1n) is 16.3. The van der Waals surface area contributed by atoms with E-state index in [-0.39, 0.29) is 37.4 Å². The molecule has 48 heavy (non-hydrogen) atoms. The van der Waals surface area contributed by atoms with E-state index < -0.39 is 65.6 Å². The van der Waals surface area contributed by atoms with E-state index in [1.54, 1.807) is 49.2 Å². The van der Waals surface area contributed by atoms with E-state index in [4.69, 9.17) is 28.4 Å². The van der Waals surface area contributed by atoms with Gasteiger partial charge in [0.05, 0.1) is 30.8 Å². The van der Waals surface area contributed by atoms with E-state index >= 15 is 0 Å². The normalized spacial score (nSPS) is 39.4. The van der Waals surface area contributed by atoms with Gasteiger partial charge in [-0.1, -0.05) is 32.1 Å². The van der Waals surface area contributed by atoms with E-state index in [1.807, 2.05) is 25.3 Å². The molecule has 3 N–H and O–H groups in total. The molecule has 1 aromatic heterocycles. The topological polar surface area (TPSA) is 168 Å². The Bertz CT molecular complexity index is 1460. The van der Waals surface area contributed by atoms with Crippen molar-refractivity contribution < 1.29 is 53.3 Å². The zero-order valence-corrected chi connectivity index (χ0v) is 28.5. The van der Waals surface area contributed by atoms with Gasteiger partial charge in [-0.05, 0) is 56.3 Å². The van der Waals surface area contributed by atoms with Crippen LogP contribution < -0.4 is 0 Å². The maximum absolute atomic E-state index is 13.3. The number of imidazole rings is 1. The van der Waals surface area contributed by atoms with Gasteiger partial charge in [0.15, 0.2) is 12.4 Å². The van der Waals surface area contributed by atoms with Crippen LogP contribution in [0.3, 0.4) is 0 Å². The van der Waals surface area contributed by atoms with Crippen molar-refractivity contribution in [1.29, 1.82) is 0 Å². The van der Waals surface area contributed by atoms with Gasteiger partial charge in [-0.25, -0.2) is 9.78 Å². The van der Waals surface area contributed by atoms with Gasteiger partial charge >= 0.3 is 11.9 Å². The minimum absolute atomic E-state index is 0.0235. The molecule has 1 fully saturated rings. The predicted molar refractivity (Wildman–Crippen MR) is 172 cm³/mol. The third-order valence-electron chi connectivity index (χ3n) is 9.85. The Hall–Kier alpha value is -3.17. The molecule has 4 aliphatic rings. The second-order valence-corrected chi connectivity index (χ2v) is 13.9. The first-order valence-corrected chi connectivity index (χ1v) is 16.3. The van der Waals surface area contributed by atoms with E-state index in [1.165, 1.54) is 20.1 Å². The zero-order valence-electron chi connectivity index (χ0n) is 28.5. The number of aliphatic hydroxyl groups excluding tert-OH is 2. The monoisotopic (exact) mass is 672 g/mol. The summed E-state index contributed by atoms with van der Waals surface area (Å²) in [6, 6.07) is 0. The third-order valence-corrected chi connectivity index (χ3v) is 9.85. The SMILES string of the molecule is CO[C@]12C=C[C@](C)(O1)[C@@H](OC(=O)/C=C/c1cn(C)cn1)C[C@@H]1[C@H](C=C2CO[C@@H]2OC[C@@H](O)[C@@H](O)[C@@H]2OC(C)=O)[C@@H](C(C)C)C=C[C@@]1(C)O. The summed E-state index contributed by atoms with van der Waals surface area (Å²) >= 11 is 0. The Labute approximate surface area is 280 Å². The second kappa shape index (κ2) is 14.0. The molecule has 5 rings (SSSR count). The summed E-state index contributed by atoms with van der Waals surface area (Å²) < 4.78 is 37.8. The van der Waals surface area contributed by atoms with Gasteiger partial charge in [0.1, 0.15) is 23.9 Å². The van der Waals surface area contributed by atoms with Crippen LogP contribution >= 0.6 is 0 Å². The van der Waals surface area contributed by atoms with E-state index in [0.29, 0.717) is 11.3 Å². The number of nitrogens with zero attached hydrogens (tertiary/aromatic N) is 2. The van der Waals surface area contributed by atoms with Crippen LogP contribution in [-0.4, -0.2) is 105 Å². The minimum atomic E-state index is -1.48. The fourth-order valence-electron chi connectivity index (χ4n) is 7.14. The van der Waals surface area contributed by atoms with E-state index in [0.717, 1.165) is 0 Å². The van der Waals surface area contributed by atoms with Crippen molar-refractivity contribution in [3.05, 3.63) is 60.2 Å². The number of fused-ring (bicyclic) bond motifs is 3. The van der Waals surface area contributed by atoms with Crippen molar-refractivity contribution in [2.45, 2.75) is 88.7 Å². The smallest absolute Gasteiger partial charge is 0.331 e. The molecule has 4 heterocycles. The second-order valence-electron chi connectivity index (χ2n) is 13.9. The van der Waals surface area contributed by atoms with Crippen LogP contribution in [0.5, 0.6) is 0 Å². The molecule has 2 bridgehead atoms. The molecule has 11 atom stereocenters. The molecule has 0 saturated carbocycles. The maximum atomic E-state index is 13.3. The molecule has 0 radical (unpaired) electrons. The highest BCUT2D eigenvalue weighted by molar-refractivity contribution is 5.86. The van der Waals surface area contributed by atoms with Crippen LogP contribution in [0.1, 0.15) is 46.7 Å². The first kappa shape index (κ1) is 36.1. The molecule has 13 heteroatoms. The number of allylic oxidation sites excluding steroid dienone is 2. The number of aryl methyl sites for hydroxylation is 1. The first-order chi connectivity index (χ1) is 22.6. The molecule has 3 aliphatic heterocycles. The van der Waals surface area contributed by atoms with Crippen LogP contribution in [0, 0.1) is 23.7 Å². The lowest BCUT2D eigenvalue weighted by Crippen LogP contribution is -2.55. The maximum Gasteiger partial charge on any atom is 0.331 e. The Morgan fingerprint density at radius 2 is 1.94 bits per heavy atom. The summed E-state index contributed by atoms with van der Waals surface area (Å²) in [5.41, 5.74) is -1.33. The van der Waals surface area contributed by atoms with E-state index in [9.17, 15) is 24.9 Å². The lowest BCUT2D eigenvalue weighted by Gasteiger charge is -2.45. The average molecular weight is 673 g/mol.